The zero-order valence-corrected chi connectivity index (χ0v) is 13.6. The van der Waals surface area contributed by atoms with Crippen molar-refractivity contribution in [3.8, 4) is 17.0 Å². The Bertz CT molecular complexity index is 898. The van der Waals surface area contributed by atoms with Crippen LogP contribution < -0.4 is 10.2 Å². The van der Waals surface area contributed by atoms with Gasteiger partial charge in [0.25, 0.3) is 0 Å². The zero-order chi connectivity index (χ0) is 16.4. The number of benzene rings is 1. The predicted octanol–water partition coefficient (Wildman–Crippen LogP) is 4.12. The van der Waals surface area contributed by atoms with E-state index in [1.807, 2.05) is 24.3 Å². The molecular weight excluding hydrogens is 290 g/mol. The van der Waals surface area contributed by atoms with E-state index < -0.39 is 0 Å². The summed E-state index contributed by atoms with van der Waals surface area (Å²) in [7, 11) is 1.63. The van der Waals surface area contributed by atoms with Crippen LogP contribution in [0.3, 0.4) is 0 Å². The summed E-state index contributed by atoms with van der Waals surface area (Å²) >= 11 is 0. The summed E-state index contributed by atoms with van der Waals surface area (Å²) in [6, 6.07) is 9.20. The quantitative estimate of drug-likeness (QED) is 0.727. The molecular formula is C19H19NO3. The Kier molecular flexibility index (Phi) is 4.15. The number of nitrogens with zero attached hydrogens (tertiary/aromatic N) is 1. The molecule has 3 aromatic rings. The highest BCUT2D eigenvalue weighted by Crippen LogP contribution is 2.29. The molecule has 0 amide bonds. The van der Waals surface area contributed by atoms with E-state index >= 15 is 0 Å². The second kappa shape index (κ2) is 6.24. The lowest BCUT2D eigenvalue weighted by Gasteiger charge is -2.11. The van der Waals surface area contributed by atoms with Gasteiger partial charge in [-0.2, -0.15) is 0 Å². The Morgan fingerprint density at radius 3 is 2.74 bits per heavy atom. The summed E-state index contributed by atoms with van der Waals surface area (Å²) in [6.45, 7) is 3.89. The van der Waals surface area contributed by atoms with Gasteiger partial charge in [-0.15, -0.1) is 0 Å². The van der Waals surface area contributed by atoms with Gasteiger partial charge in [0.2, 0.25) is 5.43 Å². The van der Waals surface area contributed by atoms with E-state index in [0.29, 0.717) is 28.0 Å². The molecule has 0 spiro atoms. The molecule has 0 radical (unpaired) electrons. The lowest BCUT2D eigenvalue weighted by atomic mass is 10.0. The second-order valence-corrected chi connectivity index (χ2v) is 5.49. The lowest BCUT2D eigenvalue weighted by molar-refractivity contribution is 0.408. The number of methoxy groups -OCH3 is 1. The van der Waals surface area contributed by atoms with Gasteiger partial charge in [-0.1, -0.05) is 19.4 Å². The molecule has 0 bridgehead atoms. The van der Waals surface area contributed by atoms with Gasteiger partial charge in [-0.05, 0) is 37.1 Å². The fraction of sp³-hybridized carbons (Fsp3) is 0.263. The van der Waals surface area contributed by atoms with E-state index in [1.54, 1.807) is 26.3 Å². The second-order valence-electron chi connectivity index (χ2n) is 5.49. The molecule has 0 saturated heterocycles. The molecule has 0 fully saturated rings. The number of rotatable bonds is 4. The van der Waals surface area contributed by atoms with Gasteiger partial charge in [0.05, 0.1) is 23.8 Å². The van der Waals surface area contributed by atoms with Gasteiger partial charge >= 0.3 is 0 Å². The number of aryl methyl sites for hydroxylation is 2. The maximum absolute atomic E-state index is 13.0. The van der Waals surface area contributed by atoms with Crippen molar-refractivity contribution in [2.24, 2.45) is 0 Å². The third kappa shape index (κ3) is 2.72. The molecule has 2 aromatic heterocycles. The largest absolute Gasteiger partial charge is 0.496 e. The van der Waals surface area contributed by atoms with Gasteiger partial charge in [-0.3, -0.25) is 9.78 Å². The van der Waals surface area contributed by atoms with E-state index in [0.717, 1.165) is 24.2 Å². The first-order chi connectivity index (χ1) is 11.2. The molecule has 1 aromatic carbocycles. The minimum Gasteiger partial charge on any atom is -0.496 e. The minimum absolute atomic E-state index is 0.0533. The van der Waals surface area contributed by atoms with Crippen LogP contribution >= 0.6 is 0 Å². The van der Waals surface area contributed by atoms with Crippen LogP contribution in [0.5, 0.6) is 5.75 Å². The standard InChI is InChI=1S/C19H19NO3/c1-4-7-13-10-14-17(11-16(13)22-3)23-12(2)18(19(14)21)15-8-5-6-9-20-15/h5-6,8-11H,4,7H2,1-3H3. The maximum atomic E-state index is 13.0. The summed E-state index contributed by atoms with van der Waals surface area (Å²) in [5.74, 6) is 1.32. The van der Waals surface area contributed by atoms with Crippen molar-refractivity contribution in [2.75, 3.05) is 7.11 Å². The van der Waals surface area contributed by atoms with Crippen LogP contribution in [-0.2, 0) is 6.42 Å². The third-order valence-corrected chi connectivity index (χ3v) is 3.91. The third-order valence-electron chi connectivity index (χ3n) is 3.91. The van der Waals surface area contributed by atoms with Gasteiger partial charge < -0.3 is 9.15 Å². The molecule has 23 heavy (non-hydrogen) atoms. The number of aromatic nitrogens is 1. The van der Waals surface area contributed by atoms with Crippen molar-refractivity contribution >= 4 is 11.0 Å². The van der Waals surface area contributed by atoms with E-state index in [4.69, 9.17) is 9.15 Å². The van der Waals surface area contributed by atoms with E-state index in [2.05, 4.69) is 11.9 Å². The molecule has 2 heterocycles. The van der Waals surface area contributed by atoms with Crippen molar-refractivity contribution in [1.82, 2.24) is 4.98 Å². The molecule has 0 aliphatic rings. The Morgan fingerprint density at radius 2 is 2.09 bits per heavy atom. The monoisotopic (exact) mass is 309 g/mol. The molecule has 0 aliphatic carbocycles. The predicted molar refractivity (Wildman–Crippen MR) is 91.0 cm³/mol. The number of pyridine rings is 1. The van der Waals surface area contributed by atoms with E-state index in [1.165, 1.54) is 0 Å². The lowest BCUT2D eigenvalue weighted by Crippen LogP contribution is -2.09. The fourth-order valence-corrected chi connectivity index (χ4v) is 2.84. The fourth-order valence-electron chi connectivity index (χ4n) is 2.84. The first-order valence-electron chi connectivity index (χ1n) is 7.71. The Labute approximate surface area is 134 Å². The van der Waals surface area contributed by atoms with Crippen molar-refractivity contribution < 1.29 is 9.15 Å². The highest BCUT2D eigenvalue weighted by atomic mass is 16.5. The van der Waals surface area contributed by atoms with Crippen LogP contribution in [0.1, 0.15) is 24.7 Å². The average molecular weight is 309 g/mol. The summed E-state index contributed by atoms with van der Waals surface area (Å²) in [5, 5.41) is 0.570. The van der Waals surface area contributed by atoms with Crippen molar-refractivity contribution in [1.29, 1.82) is 0 Å². The number of hydrogen-bond donors (Lipinski definition) is 0. The van der Waals surface area contributed by atoms with Crippen LogP contribution in [0.4, 0.5) is 0 Å². The van der Waals surface area contributed by atoms with Crippen molar-refractivity contribution in [3.05, 3.63) is 58.1 Å². The molecule has 4 nitrogen and oxygen atoms in total. The van der Waals surface area contributed by atoms with E-state index in [-0.39, 0.29) is 5.43 Å². The summed E-state index contributed by atoms with van der Waals surface area (Å²) in [5.41, 5.74) is 2.66. The highest BCUT2D eigenvalue weighted by Gasteiger charge is 2.16. The van der Waals surface area contributed by atoms with Gasteiger partial charge in [0.1, 0.15) is 17.1 Å². The summed E-state index contributed by atoms with van der Waals surface area (Å²) < 4.78 is 11.3. The Morgan fingerprint density at radius 1 is 1.26 bits per heavy atom. The summed E-state index contributed by atoms with van der Waals surface area (Å²) in [4.78, 5) is 17.3. The number of hydrogen-bond acceptors (Lipinski definition) is 4. The van der Waals surface area contributed by atoms with Crippen LogP contribution in [0.15, 0.2) is 45.7 Å². The number of ether oxygens (including phenoxy) is 1. The molecule has 0 saturated carbocycles. The molecule has 0 atom stereocenters. The summed E-state index contributed by atoms with van der Waals surface area (Å²) in [6.07, 6.45) is 3.51. The topological polar surface area (TPSA) is 52.3 Å². The molecule has 118 valence electrons. The van der Waals surface area contributed by atoms with Crippen LogP contribution in [0.25, 0.3) is 22.2 Å². The number of fused-ring (bicyclic) bond motifs is 1. The SMILES string of the molecule is CCCc1cc2c(=O)c(-c3ccccn3)c(C)oc2cc1OC. The Hall–Kier alpha value is -2.62. The molecule has 3 rings (SSSR count). The molecule has 0 aliphatic heterocycles. The van der Waals surface area contributed by atoms with Crippen LogP contribution in [0, 0.1) is 6.92 Å². The Balaban J connectivity index is 2.31. The van der Waals surface area contributed by atoms with Crippen LogP contribution in [-0.4, -0.2) is 12.1 Å². The highest BCUT2D eigenvalue weighted by molar-refractivity contribution is 5.84. The maximum Gasteiger partial charge on any atom is 0.202 e. The van der Waals surface area contributed by atoms with Crippen molar-refractivity contribution in [2.45, 2.75) is 26.7 Å². The first-order valence-corrected chi connectivity index (χ1v) is 7.71. The minimum atomic E-state index is -0.0533. The smallest absolute Gasteiger partial charge is 0.202 e. The van der Waals surface area contributed by atoms with Gasteiger partial charge in [0, 0.05) is 12.3 Å². The normalized spacial score (nSPS) is 10.9. The van der Waals surface area contributed by atoms with Gasteiger partial charge in [0.15, 0.2) is 0 Å². The first kappa shape index (κ1) is 15.3. The average Bonchev–Trinajstić information content (AvgIpc) is 2.56. The molecule has 4 heteroatoms. The molecule has 0 unspecified atom stereocenters. The van der Waals surface area contributed by atoms with Crippen molar-refractivity contribution in [3.63, 3.8) is 0 Å². The molecule has 0 N–H and O–H groups in total. The zero-order valence-electron chi connectivity index (χ0n) is 13.6. The van der Waals surface area contributed by atoms with Crippen LogP contribution in [0.2, 0.25) is 0 Å². The van der Waals surface area contributed by atoms with E-state index in [9.17, 15) is 4.79 Å². The van der Waals surface area contributed by atoms with Gasteiger partial charge in [-0.25, -0.2) is 0 Å².